The predicted octanol–water partition coefficient (Wildman–Crippen LogP) is 2.40. The summed E-state index contributed by atoms with van der Waals surface area (Å²) in [6.45, 7) is -0.331. The molecule has 0 fully saturated rings. The van der Waals surface area contributed by atoms with E-state index < -0.39 is 17.8 Å². The lowest BCUT2D eigenvalue weighted by Gasteiger charge is -2.08. The van der Waals surface area contributed by atoms with Crippen LogP contribution in [0.25, 0.3) is 0 Å². The minimum absolute atomic E-state index is 0.0618. The molecule has 9 heteroatoms. The Labute approximate surface area is 123 Å². The van der Waals surface area contributed by atoms with Crippen molar-refractivity contribution in [2.75, 3.05) is 10.6 Å². The number of hydrogen-bond acceptors (Lipinski definition) is 3. The Kier molecular flexibility index (Phi) is 4.39. The average Bonchev–Trinajstić information content (AvgIpc) is 2.80. The van der Waals surface area contributed by atoms with Crippen molar-refractivity contribution in [1.29, 1.82) is 0 Å². The lowest BCUT2D eigenvalue weighted by atomic mass is 10.3. The van der Waals surface area contributed by atoms with Gasteiger partial charge in [0.05, 0.1) is 22.6 Å². The Morgan fingerprint density at radius 1 is 1.38 bits per heavy atom. The van der Waals surface area contributed by atoms with Crippen LogP contribution in [-0.4, -0.2) is 26.9 Å². The Morgan fingerprint density at radius 2 is 2.14 bits per heavy atom. The fourth-order valence-corrected chi connectivity index (χ4v) is 1.76. The van der Waals surface area contributed by atoms with Gasteiger partial charge < -0.3 is 15.7 Å². The van der Waals surface area contributed by atoms with Gasteiger partial charge in [-0.25, -0.2) is 9.18 Å². The highest BCUT2D eigenvalue weighted by Crippen LogP contribution is 2.24. The van der Waals surface area contributed by atoms with E-state index in [9.17, 15) is 14.0 Å². The van der Waals surface area contributed by atoms with Gasteiger partial charge in [0.2, 0.25) is 0 Å². The second kappa shape index (κ2) is 6.23. The van der Waals surface area contributed by atoms with E-state index in [1.54, 1.807) is 0 Å². The van der Waals surface area contributed by atoms with Gasteiger partial charge >= 0.3 is 12.0 Å². The molecule has 2 amide bonds. The topological polar surface area (TPSA) is 96.2 Å². The zero-order valence-electron chi connectivity index (χ0n) is 10.5. The zero-order chi connectivity index (χ0) is 15.4. The summed E-state index contributed by atoms with van der Waals surface area (Å²) in [5.41, 5.74) is 0.121. The van der Waals surface area contributed by atoms with Gasteiger partial charge in [-0.1, -0.05) is 17.7 Å². The molecule has 0 saturated heterocycles. The standard InChI is InChI=1S/C12H10ClFN4O3/c13-8-2-1-3-9(14)11(8)17-12(21)16-7-4-15-18(5-7)6-10(19)20/h1-5H,6H2,(H,19,20)(H2,16,17,21). The van der Waals surface area contributed by atoms with Gasteiger partial charge in [0.15, 0.2) is 0 Å². The number of carbonyl (C=O) groups excluding carboxylic acids is 1. The third kappa shape index (κ3) is 3.93. The lowest BCUT2D eigenvalue weighted by molar-refractivity contribution is -0.137. The minimum atomic E-state index is -1.06. The third-order valence-corrected chi connectivity index (χ3v) is 2.70. The van der Waals surface area contributed by atoms with Crippen LogP contribution in [0, 0.1) is 5.82 Å². The first kappa shape index (κ1) is 14.8. The maximum absolute atomic E-state index is 13.5. The molecule has 0 spiro atoms. The Bertz CT molecular complexity index is 669. The molecule has 0 unspecified atom stereocenters. The number of benzene rings is 1. The van der Waals surface area contributed by atoms with Crippen LogP contribution in [0.2, 0.25) is 5.02 Å². The van der Waals surface area contributed by atoms with Crippen LogP contribution in [0.4, 0.5) is 20.6 Å². The highest BCUT2D eigenvalue weighted by Gasteiger charge is 2.11. The number of aliphatic carboxylic acids is 1. The number of aromatic nitrogens is 2. The molecule has 1 aromatic heterocycles. The first-order valence-corrected chi connectivity index (χ1v) is 6.10. The molecule has 2 aromatic rings. The number of carboxylic acids is 1. The summed E-state index contributed by atoms with van der Waals surface area (Å²) >= 11 is 5.77. The largest absolute Gasteiger partial charge is 0.480 e. The third-order valence-electron chi connectivity index (χ3n) is 2.39. The van der Waals surface area contributed by atoms with Gasteiger partial charge in [0.25, 0.3) is 0 Å². The first-order chi connectivity index (χ1) is 9.95. The van der Waals surface area contributed by atoms with Crippen LogP contribution in [0.5, 0.6) is 0 Å². The number of nitrogens with zero attached hydrogens (tertiary/aromatic N) is 2. The van der Waals surface area contributed by atoms with Crippen LogP contribution >= 0.6 is 11.6 Å². The summed E-state index contributed by atoms with van der Waals surface area (Å²) in [7, 11) is 0. The summed E-state index contributed by atoms with van der Waals surface area (Å²) in [4.78, 5) is 22.2. The molecule has 21 heavy (non-hydrogen) atoms. The number of nitrogens with one attached hydrogen (secondary N) is 2. The molecule has 7 nitrogen and oxygen atoms in total. The number of halogens is 2. The van der Waals surface area contributed by atoms with Crippen molar-refractivity contribution in [3.05, 3.63) is 41.4 Å². The van der Waals surface area contributed by atoms with Crippen LogP contribution in [-0.2, 0) is 11.3 Å². The Balaban J connectivity index is 2.02. The molecule has 0 atom stereocenters. The molecule has 0 bridgehead atoms. The molecule has 3 N–H and O–H groups in total. The molecular formula is C12H10ClFN4O3. The molecule has 0 aliphatic heterocycles. The number of amides is 2. The van der Waals surface area contributed by atoms with Gasteiger partial charge in [-0.2, -0.15) is 5.10 Å². The first-order valence-electron chi connectivity index (χ1n) is 5.72. The Morgan fingerprint density at radius 3 is 2.81 bits per heavy atom. The maximum Gasteiger partial charge on any atom is 0.325 e. The highest BCUT2D eigenvalue weighted by molar-refractivity contribution is 6.33. The van der Waals surface area contributed by atoms with E-state index in [-0.39, 0.29) is 22.9 Å². The van der Waals surface area contributed by atoms with Crippen LogP contribution in [0.3, 0.4) is 0 Å². The van der Waals surface area contributed by atoms with E-state index in [0.717, 1.165) is 10.7 Å². The summed E-state index contributed by atoms with van der Waals surface area (Å²) < 4.78 is 14.6. The van der Waals surface area contributed by atoms with Crippen molar-refractivity contribution in [2.45, 2.75) is 6.54 Å². The fraction of sp³-hybridized carbons (Fsp3) is 0.0833. The second-order valence-electron chi connectivity index (χ2n) is 4.00. The fourth-order valence-electron chi connectivity index (χ4n) is 1.55. The SMILES string of the molecule is O=C(O)Cn1cc(NC(=O)Nc2c(F)cccc2Cl)cn1. The molecule has 110 valence electrons. The quantitative estimate of drug-likeness (QED) is 0.807. The van der Waals surface area contributed by atoms with E-state index in [0.29, 0.717) is 0 Å². The van der Waals surface area contributed by atoms with Gasteiger partial charge in [-0.05, 0) is 12.1 Å². The van der Waals surface area contributed by atoms with Gasteiger partial charge in [0, 0.05) is 6.20 Å². The van der Waals surface area contributed by atoms with Crippen molar-refractivity contribution in [3.8, 4) is 0 Å². The number of rotatable bonds is 4. The van der Waals surface area contributed by atoms with Crippen LogP contribution in [0.15, 0.2) is 30.6 Å². The Hall–Kier alpha value is -2.61. The van der Waals surface area contributed by atoms with Gasteiger partial charge in [0.1, 0.15) is 12.4 Å². The normalized spacial score (nSPS) is 10.2. The molecule has 0 aliphatic carbocycles. The van der Waals surface area contributed by atoms with E-state index in [1.807, 2.05) is 0 Å². The number of para-hydroxylation sites is 1. The van der Waals surface area contributed by atoms with Crippen LogP contribution < -0.4 is 10.6 Å². The molecule has 0 saturated carbocycles. The predicted molar refractivity (Wildman–Crippen MR) is 73.9 cm³/mol. The number of anilines is 2. The van der Waals surface area contributed by atoms with E-state index in [4.69, 9.17) is 16.7 Å². The smallest absolute Gasteiger partial charge is 0.325 e. The molecule has 1 heterocycles. The van der Waals surface area contributed by atoms with Crippen molar-refractivity contribution in [3.63, 3.8) is 0 Å². The summed E-state index contributed by atoms with van der Waals surface area (Å²) in [6.07, 6.45) is 2.60. The summed E-state index contributed by atoms with van der Waals surface area (Å²) in [6, 6.07) is 3.28. The maximum atomic E-state index is 13.5. The van der Waals surface area contributed by atoms with E-state index >= 15 is 0 Å². The molecule has 1 aromatic carbocycles. The van der Waals surface area contributed by atoms with Crippen LogP contribution in [0.1, 0.15) is 0 Å². The number of carbonyl (C=O) groups is 2. The lowest BCUT2D eigenvalue weighted by Crippen LogP contribution is -2.20. The second-order valence-corrected chi connectivity index (χ2v) is 4.40. The van der Waals surface area contributed by atoms with E-state index in [2.05, 4.69) is 15.7 Å². The van der Waals surface area contributed by atoms with Crippen molar-refractivity contribution in [2.24, 2.45) is 0 Å². The monoisotopic (exact) mass is 312 g/mol. The number of hydrogen-bond donors (Lipinski definition) is 3. The zero-order valence-corrected chi connectivity index (χ0v) is 11.3. The molecule has 0 radical (unpaired) electrons. The summed E-state index contributed by atoms with van der Waals surface area (Å²) in [5, 5.41) is 17.1. The molecule has 0 aliphatic rings. The number of carboxylic acid groups (broad SMARTS) is 1. The molecule has 2 rings (SSSR count). The van der Waals surface area contributed by atoms with E-state index in [1.165, 1.54) is 24.5 Å². The highest BCUT2D eigenvalue weighted by atomic mass is 35.5. The van der Waals surface area contributed by atoms with Gasteiger partial charge in [-0.15, -0.1) is 0 Å². The average molecular weight is 313 g/mol. The number of urea groups is 1. The van der Waals surface area contributed by atoms with Crippen molar-refractivity contribution < 1.29 is 19.1 Å². The van der Waals surface area contributed by atoms with Gasteiger partial charge in [-0.3, -0.25) is 9.48 Å². The summed E-state index contributed by atoms with van der Waals surface area (Å²) in [5.74, 6) is -1.73. The molecular weight excluding hydrogens is 303 g/mol. The minimum Gasteiger partial charge on any atom is -0.480 e. The van der Waals surface area contributed by atoms with Crippen molar-refractivity contribution in [1.82, 2.24) is 9.78 Å². The van der Waals surface area contributed by atoms with Crippen molar-refractivity contribution >= 4 is 35.0 Å².